The fourth-order valence-electron chi connectivity index (χ4n) is 1.77. The molecule has 0 aliphatic heterocycles. The van der Waals surface area contributed by atoms with Gasteiger partial charge in [0.1, 0.15) is 6.04 Å². The lowest BCUT2D eigenvalue weighted by atomic mass is 9.99. The molecule has 2 amide bonds. The van der Waals surface area contributed by atoms with Crippen molar-refractivity contribution in [1.29, 1.82) is 0 Å². The lowest BCUT2D eigenvalue weighted by Gasteiger charge is -2.24. The molecule has 5 heteroatoms. The van der Waals surface area contributed by atoms with Gasteiger partial charge in [0.15, 0.2) is 0 Å². The van der Waals surface area contributed by atoms with Crippen LogP contribution >= 0.6 is 0 Å². The minimum Gasteiger partial charge on any atom is -0.480 e. The van der Waals surface area contributed by atoms with Crippen molar-refractivity contribution >= 4 is 12.0 Å². The van der Waals surface area contributed by atoms with Crippen LogP contribution in [-0.2, 0) is 4.79 Å². The summed E-state index contributed by atoms with van der Waals surface area (Å²) in [5.74, 6) is -0.753. The van der Waals surface area contributed by atoms with Crippen LogP contribution in [0.25, 0.3) is 0 Å². The zero-order valence-corrected chi connectivity index (χ0v) is 12.0. The monoisotopic (exact) mass is 258 g/mol. The van der Waals surface area contributed by atoms with Crippen molar-refractivity contribution in [2.24, 2.45) is 11.8 Å². The molecule has 0 radical (unpaired) electrons. The third kappa shape index (κ3) is 5.38. The van der Waals surface area contributed by atoms with E-state index in [9.17, 15) is 9.59 Å². The van der Waals surface area contributed by atoms with Crippen molar-refractivity contribution in [3.63, 3.8) is 0 Å². The summed E-state index contributed by atoms with van der Waals surface area (Å²) in [7, 11) is 0. The molecular weight excluding hydrogens is 232 g/mol. The molecule has 0 spiro atoms. The molecule has 0 bridgehead atoms. The number of carbonyl (C=O) groups excluding carboxylic acids is 1. The van der Waals surface area contributed by atoms with Crippen LogP contribution in [0.1, 0.15) is 47.5 Å². The Balaban J connectivity index is 4.47. The van der Waals surface area contributed by atoms with Gasteiger partial charge < -0.3 is 15.7 Å². The normalized spacial score (nSPS) is 15.9. The highest BCUT2D eigenvalue weighted by Gasteiger charge is 2.26. The first-order valence-electron chi connectivity index (χ1n) is 6.63. The molecular formula is C13H26N2O3. The van der Waals surface area contributed by atoms with Crippen molar-refractivity contribution in [2.45, 2.75) is 59.5 Å². The van der Waals surface area contributed by atoms with Gasteiger partial charge in [-0.3, -0.25) is 0 Å². The summed E-state index contributed by atoms with van der Waals surface area (Å²) < 4.78 is 0. The first-order chi connectivity index (χ1) is 8.33. The van der Waals surface area contributed by atoms with Crippen LogP contribution in [0.2, 0.25) is 0 Å². The maximum atomic E-state index is 11.8. The molecule has 0 rings (SSSR count). The SMILES string of the molecule is CCC(NC(=O)N[C@H](C(=O)O)[C@@H](C)CC)C(C)C. The van der Waals surface area contributed by atoms with E-state index in [0.29, 0.717) is 12.3 Å². The number of hydrogen-bond donors (Lipinski definition) is 3. The molecule has 0 saturated carbocycles. The molecule has 0 fully saturated rings. The molecule has 5 nitrogen and oxygen atoms in total. The summed E-state index contributed by atoms with van der Waals surface area (Å²) in [5, 5.41) is 14.4. The first-order valence-corrected chi connectivity index (χ1v) is 6.63. The summed E-state index contributed by atoms with van der Waals surface area (Å²) in [6, 6.07) is -1.17. The van der Waals surface area contributed by atoms with Crippen LogP contribution in [0.4, 0.5) is 4.79 Å². The highest BCUT2D eigenvalue weighted by Crippen LogP contribution is 2.09. The molecule has 0 aliphatic rings. The van der Waals surface area contributed by atoms with Gasteiger partial charge in [-0.15, -0.1) is 0 Å². The van der Waals surface area contributed by atoms with E-state index < -0.39 is 18.0 Å². The number of hydrogen-bond acceptors (Lipinski definition) is 2. The summed E-state index contributed by atoms with van der Waals surface area (Å²) in [5.41, 5.74) is 0. The maximum Gasteiger partial charge on any atom is 0.326 e. The summed E-state index contributed by atoms with van der Waals surface area (Å²) in [4.78, 5) is 22.8. The molecule has 0 aliphatic carbocycles. The van der Waals surface area contributed by atoms with Gasteiger partial charge in [-0.1, -0.05) is 41.0 Å². The maximum absolute atomic E-state index is 11.8. The average Bonchev–Trinajstić information content (AvgIpc) is 2.31. The molecule has 18 heavy (non-hydrogen) atoms. The number of carboxylic acid groups (broad SMARTS) is 1. The number of urea groups is 1. The second-order valence-corrected chi connectivity index (χ2v) is 5.08. The van der Waals surface area contributed by atoms with Crippen LogP contribution in [-0.4, -0.2) is 29.2 Å². The third-order valence-corrected chi connectivity index (χ3v) is 3.33. The molecule has 106 valence electrons. The molecule has 1 unspecified atom stereocenters. The van der Waals surface area contributed by atoms with E-state index in [2.05, 4.69) is 10.6 Å². The van der Waals surface area contributed by atoms with Crippen molar-refractivity contribution < 1.29 is 14.7 Å². The summed E-state index contributed by atoms with van der Waals surface area (Å²) >= 11 is 0. The Morgan fingerprint density at radius 2 is 1.61 bits per heavy atom. The van der Waals surface area contributed by atoms with Crippen LogP contribution < -0.4 is 10.6 Å². The number of carboxylic acids is 1. The van der Waals surface area contributed by atoms with Crippen molar-refractivity contribution in [2.75, 3.05) is 0 Å². The van der Waals surface area contributed by atoms with Gasteiger partial charge in [-0.2, -0.15) is 0 Å². The number of amides is 2. The average molecular weight is 258 g/mol. The van der Waals surface area contributed by atoms with Crippen LogP contribution in [0, 0.1) is 11.8 Å². The smallest absolute Gasteiger partial charge is 0.326 e. The second kappa shape index (κ2) is 7.95. The van der Waals surface area contributed by atoms with Gasteiger partial charge in [0.2, 0.25) is 0 Å². The standard InChI is InChI=1S/C13H26N2O3/c1-6-9(5)11(12(16)17)15-13(18)14-10(7-2)8(3)4/h8-11H,6-7H2,1-5H3,(H,16,17)(H2,14,15,18)/t9-,10?,11-/m0/s1. The minimum absolute atomic E-state index is 0.0661. The Morgan fingerprint density at radius 3 is 1.94 bits per heavy atom. The van der Waals surface area contributed by atoms with Gasteiger partial charge in [0, 0.05) is 6.04 Å². The molecule has 0 heterocycles. The fraction of sp³-hybridized carbons (Fsp3) is 0.846. The number of aliphatic carboxylic acids is 1. The van der Waals surface area contributed by atoms with Gasteiger partial charge in [-0.05, 0) is 18.3 Å². The van der Waals surface area contributed by atoms with E-state index in [1.165, 1.54) is 0 Å². The van der Waals surface area contributed by atoms with Crippen LogP contribution in [0.3, 0.4) is 0 Å². The number of rotatable bonds is 7. The summed E-state index contributed by atoms with van der Waals surface area (Å²) in [6.07, 6.45) is 1.53. The molecule has 0 aromatic rings. The van der Waals surface area contributed by atoms with Gasteiger partial charge in [0.25, 0.3) is 0 Å². The molecule has 3 atom stereocenters. The Morgan fingerprint density at radius 1 is 1.06 bits per heavy atom. The van der Waals surface area contributed by atoms with Crippen molar-refractivity contribution in [3.05, 3.63) is 0 Å². The van der Waals surface area contributed by atoms with Gasteiger partial charge >= 0.3 is 12.0 Å². The van der Waals surface area contributed by atoms with E-state index in [4.69, 9.17) is 5.11 Å². The zero-order chi connectivity index (χ0) is 14.3. The fourth-order valence-corrected chi connectivity index (χ4v) is 1.77. The third-order valence-electron chi connectivity index (χ3n) is 3.33. The van der Waals surface area contributed by atoms with Gasteiger partial charge in [-0.25, -0.2) is 9.59 Å². The Labute approximate surface area is 109 Å². The number of nitrogens with one attached hydrogen (secondary N) is 2. The van der Waals surface area contributed by atoms with E-state index in [1.54, 1.807) is 0 Å². The number of carbonyl (C=O) groups is 2. The first kappa shape index (κ1) is 16.7. The van der Waals surface area contributed by atoms with E-state index >= 15 is 0 Å². The highest BCUT2D eigenvalue weighted by molar-refractivity contribution is 5.82. The quantitative estimate of drug-likeness (QED) is 0.655. The highest BCUT2D eigenvalue weighted by atomic mass is 16.4. The molecule has 0 saturated heterocycles. The van der Waals surface area contributed by atoms with Crippen molar-refractivity contribution in [1.82, 2.24) is 10.6 Å². The predicted molar refractivity (Wildman–Crippen MR) is 71.5 cm³/mol. The largest absolute Gasteiger partial charge is 0.480 e. The Kier molecular flexibility index (Phi) is 7.39. The lowest BCUT2D eigenvalue weighted by molar-refractivity contribution is -0.140. The predicted octanol–water partition coefficient (Wildman–Crippen LogP) is 2.22. The Hall–Kier alpha value is -1.26. The summed E-state index contributed by atoms with van der Waals surface area (Å²) in [6.45, 7) is 9.77. The molecule has 3 N–H and O–H groups in total. The van der Waals surface area contributed by atoms with Crippen LogP contribution in [0.15, 0.2) is 0 Å². The van der Waals surface area contributed by atoms with Gasteiger partial charge in [0.05, 0.1) is 0 Å². The minimum atomic E-state index is -0.989. The van der Waals surface area contributed by atoms with E-state index in [0.717, 1.165) is 6.42 Å². The van der Waals surface area contributed by atoms with E-state index in [1.807, 2.05) is 34.6 Å². The topological polar surface area (TPSA) is 78.4 Å². The molecule has 0 aromatic heterocycles. The van der Waals surface area contributed by atoms with E-state index in [-0.39, 0.29) is 12.0 Å². The van der Waals surface area contributed by atoms with Crippen molar-refractivity contribution in [3.8, 4) is 0 Å². The lowest BCUT2D eigenvalue weighted by Crippen LogP contribution is -2.52. The zero-order valence-electron chi connectivity index (χ0n) is 12.0. The molecule has 0 aromatic carbocycles. The Bertz CT molecular complexity index is 279. The van der Waals surface area contributed by atoms with Crippen LogP contribution in [0.5, 0.6) is 0 Å². The second-order valence-electron chi connectivity index (χ2n) is 5.08.